The average Bonchev–Trinajstić information content (AvgIpc) is 3.29. The largest absolute Gasteiger partial charge is 0.508 e. The number of piperidine rings is 1. The van der Waals surface area contributed by atoms with E-state index in [1.54, 1.807) is 6.07 Å². The number of phenols is 1. The second-order valence-electron chi connectivity index (χ2n) is 6.30. The Bertz CT molecular complexity index is 526. The van der Waals surface area contributed by atoms with Gasteiger partial charge in [0.25, 0.3) is 0 Å². The second kappa shape index (κ2) is 5.12. The van der Waals surface area contributed by atoms with E-state index in [0.29, 0.717) is 23.5 Å². The van der Waals surface area contributed by atoms with Crippen molar-refractivity contribution in [1.29, 1.82) is 0 Å². The third-order valence-electron chi connectivity index (χ3n) is 4.97. The summed E-state index contributed by atoms with van der Waals surface area (Å²) in [5, 5.41) is 9.75. The smallest absolute Gasteiger partial charge is 0.225 e. The minimum atomic E-state index is 0.337. The van der Waals surface area contributed by atoms with E-state index in [9.17, 15) is 9.90 Å². The van der Waals surface area contributed by atoms with Crippen LogP contribution in [0.2, 0.25) is 0 Å². The minimum Gasteiger partial charge on any atom is -0.508 e. The lowest BCUT2D eigenvalue weighted by Crippen LogP contribution is -2.38. The summed E-state index contributed by atoms with van der Waals surface area (Å²) in [4.78, 5) is 14.1. The van der Waals surface area contributed by atoms with Gasteiger partial charge in [-0.2, -0.15) is 0 Å². The van der Waals surface area contributed by atoms with E-state index < -0.39 is 0 Å². The van der Waals surface area contributed by atoms with Crippen LogP contribution in [0, 0.1) is 19.8 Å². The van der Waals surface area contributed by atoms with E-state index in [4.69, 9.17) is 0 Å². The molecule has 1 aliphatic heterocycles. The summed E-state index contributed by atoms with van der Waals surface area (Å²) in [6, 6.07) is 3.86. The quantitative estimate of drug-likeness (QED) is 0.899. The van der Waals surface area contributed by atoms with E-state index in [2.05, 4.69) is 17.9 Å². The molecule has 1 aromatic rings. The van der Waals surface area contributed by atoms with E-state index in [1.165, 1.54) is 11.1 Å². The Morgan fingerprint density at radius 1 is 1.10 bits per heavy atom. The highest BCUT2D eigenvalue weighted by Gasteiger charge is 2.35. The second-order valence-corrected chi connectivity index (χ2v) is 6.30. The van der Waals surface area contributed by atoms with Gasteiger partial charge >= 0.3 is 0 Å². The van der Waals surface area contributed by atoms with Crippen LogP contribution < -0.4 is 0 Å². The van der Waals surface area contributed by atoms with Gasteiger partial charge in [-0.15, -0.1) is 0 Å². The van der Waals surface area contributed by atoms with Crippen molar-refractivity contribution in [3.63, 3.8) is 0 Å². The van der Waals surface area contributed by atoms with Crippen LogP contribution >= 0.6 is 0 Å². The van der Waals surface area contributed by atoms with Crippen molar-refractivity contribution in [1.82, 2.24) is 4.90 Å². The fourth-order valence-corrected chi connectivity index (χ4v) is 3.27. The summed E-state index contributed by atoms with van der Waals surface area (Å²) in [6.45, 7) is 5.84. The number of hydrogen-bond donors (Lipinski definition) is 1. The molecule has 1 saturated heterocycles. The van der Waals surface area contributed by atoms with E-state index in [-0.39, 0.29) is 0 Å². The Morgan fingerprint density at radius 3 is 2.35 bits per heavy atom. The van der Waals surface area contributed by atoms with Crippen LogP contribution in [0.15, 0.2) is 12.1 Å². The highest BCUT2D eigenvalue weighted by molar-refractivity contribution is 5.81. The lowest BCUT2D eigenvalue weighted by atomic mass is 9.85. The molecule has 0 atom stereocenters. The number of likely N-dealkylation sites (tertiary alicyclic amines) is 1. The van der Waals surface area contributed by atoms with Gasteiger partial charge in [-0.1, -0.05) is 6.07 Å². The van der Waals surface area contributed by atoms with Gasteiger partial charge in [0.2, 0.25) is 5.91 Å². The van der Waals surface area contributed by atoms with E-state index in [0.717, 1.165) is 44.3 Å². The molecule has 2 fully saturated rings. The predicted octanol–water partition coefficient (Wildman–Crippen LogP) is 3.13. The van der Waals surface area contributed by atoms with Gasteiger partial charge in [0.05, 0.1) is 0 Å². The molecule has 3 rings (SSSR count). The van der Waals surface area contributed by atoms with Crippen molar-refractivity contribution >= 4 is 5.91 Å². The number of phenolic OH excluding ortho intramolecular Hbond substituents is 1. The summed E-state index contributed by atoms with van der Waals surface area (Å²) in [7, 11) is 0. The van der Waals surface area contributed by atoms with Crippen molar-refractivity contribution in [2.45, 2.75) is 45.4 Å². The van der Waals surface area contributed by atoms with Gasteiger partial charge in [0.1, 0.15) is 5.75 Å². The monoisotopic (exact) mass is 273 g/mol. The van der Waals surface area contributed by atoms with Gasteiger partial charge in [0, 0.05) is 19.0 Å². The topological polar surface area (TPSA) is 40.5 Å². The summed E-state index contributed by atoms with van der Waals surface area (Å²) >= 11 is 0. The fraction of sp³-hybridized carbons (Fsp3) is 0.588. The Balaban J connectivity index is 1.69. The molecule has 0 unspecified atom stereocenters. The van der Waals surface area contributed by atoms with Crippen molar-refractivity contribution in [2.24, 2.45) is 5.92 Å². The van der Waals surface area contributed by atoms with Crippen LogP contribution in [0.1, 0.15) is 48.3 Å². The molecule has 1 amide bonds. The molecular formula is C17H23NO2. The van der Waals surface area contributed by atoms with Gasteiger partial charge in [-0.05, 0) is 68.2 Å². The first-order chi connectivity index (χ1) is 9.58. The minimum absolute atomic E-state index is 0.337. The maximum Gasteiger partial charge on any atom is 0.225 e. The van der Waals surface area contributed by atoms with E-state index >= 15 is 0 Å². The molecule has 1 heterocycles. The van der Waals surface area contributed by atoms with Gasteiger partial charge in [-0.3, -0.25) is 4.79 Å². The molecule has 2 aliphatic rings. The molecular weight excluding hydrogens is 250 g/mol. The molecule has 3 nitrogen and oxygen atoms in total. The number of rotatable bonds is 2. The number of aromatic hydroxyl groups is 1. The zero-order valence-corrected chi connectivity index (χ0v) is 12.4. The zero-order chi connectivity index (χ0) is 14.3. The molecule has 108 valence electrons. The van der Waals surface area contributed by atoms with Crippen molar-refractivity contribution in [3.05, 3.63) is 28.8 Å². The number of carbonyl (C=O) groups is 1. The number of hydrogen-bond acceptors (Lipinski definition) is 2. The molecule has 1 N–H and O–H groups in total. The molecule has 0 radical (unpaired) electrons. The average molecular weight is 273 g/mol. The van der Waals surface area contributed by atoms with Gasteiger partial charge in [-0.25, -0.2) is 0 Å². The summed E-state index contributed by atoms with van der Waals surface area (Å²) in [5.74, 6) is 1.62. The summed E-state index contributed by atoms with van der Waals surface area (Å²) in [6.07, 6.45) is 4.27. The van der Waals surface area contributed by atoms with Gasteiger partial charge in [0.15, 0.2) is 0 Å². The number of amides is 1. The van der Waals surface area contributed by atoms with Crippen LogP contribution in [0.3, 0.4) is 0 Å². The Morgan fingerprint density at radius 2 is 1.75 bits per heavy atom. The Hall–Kier alpha value is -1.51. The maximum atomic E-state index is 12.1. The van der Waals surface area contributed by atoms with Gasteiger partial charge < -0.3 is 10.0 Å². The molecule has 0 spiro atoms. The van der Waals surface area contributed by atoms with Crippen LogP contribution in [0.5, 0.6) is 5.75 Å². The standard InChI is InChI=1S/C17H23NO2/c1-11-12(2)16(19)6-5-15(11)13-7-9-18(10-8-13)17(20)14-3-4-14/h5-6,13-14,19H,3-4,7-10H2,1-2H3. The lowest BCUT2D eigenvalue weighted by molar-refractivity contribution is -0.133. The van der Waals surface area contributed by atoms with Crippen LogP contribution in [-0.2, 0) is 4.79 Å². The number of nitrogens with zero attached hydrogens (tertiary/aromatic N) is 1. The molecule has 3 heteroatoms. The predicted molar refractivity (Wildman–Crippen MR) is 78.9 cm³/mol. The molecule has 0 bridgehead atoms. The Labute approximate surface area is 120 Å². The molecule has 20 heavy (non-hydrogen) atoms. The highest BCUT2D eigenvalue weighted by atomic mass is 16.3. The molecule has 1 aromatic carbocycles. The summed E-state index contributed by atoms with van der Waals surface area (Å²) in [5.41, 5.74) is 3.54. The van der Waals surface area contributed by atoms with Crippen molar-refractivity contribution < 1.29 is 9.90 Å². The molecule has 1 aliphatic carbocycles. The number of benzene rings is 1. The first-order valence-corrected chi connectivity index (χ1v) is 7.65. The maximum absolute atomic E-state index is 12.1. The van der Waals surface area contributed by atoms with Crippen molar-refractivity contribution in [2.75, 3.05) is 13.1 Å². The number of carbonyl (C=O) groups excluding carboxylic acids is 1. The summed E-state index contributed by atoms with van der Waals surface area (Å²) < 4.78 is 0. The first-order valence-electron chi connectivity index (χ1n) is 7.65. The lowest BCUT2D eigenvalue weighted by Gasteiger charge is -2.33. The highest BCUT2D eigenvalue weighted by Crippen LogP contribution is 2.36. The van der Waals surface area contributed by atoms with Crippen LogP contribution in [0.4, 0.5) is 0 Å². The fourth-order valence-electron chi connectivity index (χ4n) is 3.27. The SMILES string of the molecule is Cc1c(O)ccc(C2CCN(C(=O)C3CC3)CC2)c1C. The van der Waals surface area contributed by atoms with Crippen molar-refractivity contribution in [3.8, 4) is 5.75 Å². The van der Waals surface area contributed by atoms with Crippen LogP contribution in [0.25, 0.3) is 0 Å². The van der Waals surface area contributed by atoms with E-state index in [1.807, 2.05) is 6.92 Å². The Kier molecular flexibility index (Phi) is 3.45. The van der Waals surface area contributed by atoms with Crippen LogP contribution in [-0.4, -0.2) is 29.0 Å². The molecule has 0 aromatic heterocycles. The third-order valence-corrected chi connectivity index (χ3v) is 4.97. The third kappa shape index (κ3) is 2.41. The molecule has 1 saturated carbocycles. The zero-order valence-electron chi connectivity index (χ0n) is 12.4. The normalized spacial score (nSPS) is 20.2. The first kappa shape index (κ1) is 13.5.